The average Bonchev–Trinajstić information content (AvgIpc) is 3.02. The molecule has 8 heteroatoms. The van der Waals surface area contributed by atoms with Gasteiger partial charge in [0.15, 0.2) is 11.5 Å². The number of H-pyrrole nitrogens is 1. The zero-order valence-electron chi connectivity index (χ0n) is 13.8. The largest absolute Gasteiger partial charge is 0.493 e. The van der Waals surface area contributed by atoms with E-state index < -0.39 is 0 Å². The Bertz CT molecular complexity index is 934. The Morgan fingerprint density at radius 3 is 2.88 bits per heavy atom. The Kier molecular flexibility index (Phi) is 5.20. The molecule has 2 aromatic heterocycles. The van der Waals surface area contributed by atoms with Gasteiger partial charge in [-0.2, -0.15) is 14.9 Å². The van der Waals surface area contributed by atoms with Crippen molar-refractivity contribution in [2.75, 3.05) is 13.7 Å². The van der Waals surface area contributed by atoms with Crippen molar-refractivity contribution in [1.29, 1.82) is 0 Å². The van der Waals surface area contributed by atoms with Crippen molar-refractivity contribution in [2.45, 2.75) is 6.92 Å². The van der Waals surface area contributed by atoms with Crippen molar-refractivity contribution in [3.63, 3.8) is 0 Å². The van der Waals surface area contributed by atoms with Crippen molar-refractivity contribution in [1.82, 2.24) is 19.9 Å². The summed E-state index contributed by atoms with van der Waals surface area (Å²) in [6.45, 7) is 2.50. The SMILES string of the molecule is CCOc1ccc(C=Nn2c(-c3ccccn3)n[nH]c2=S)cc1OC. The van der Waals surface area contributed by atoms with Crippen molar-refractivity contribution in [3.05, 3.63) is 52.9 Å². The molecular formula is C17H17N5O2S. The van der Waals surface area contributed by atoms with Crippen LogP contribution >= 0.6 is 12.2 Å². The second-order valence-electron chi connectivity index (χ2n) is 4.97. The first kappa shape index (κ1) is 16.8. The Balaban J connectivity index is 1.93. The van der Waals surface area contributed by atoms with E-state index in [0.29, 0.717) is 34.4 Å². The van der Waals surface area contributed by atoms with E-state index in [-0.39, 0.29) is 0 Å². The first-order valence-electron chi connectivity index (χ1n) is 7.67. The number of rotatable bonds is 6. The van der Waals surface area contributed by atoms with Crippen LogP contribution in [0.4, 0.5) is 0 Å². The van der Waals surface area contributed by atoms with Gasteiger partial charge in [-0.25, -0.2) is 5.10 Å². The van der Waals surface area contributed by atoms with Gasteiger partial charge in [-0.05, 0) is 55.0 Å². The van der Waals surface area contributed by atoms with Crippen LogP contribution in [0.3, 0.4) is 0 Å². The molecule has 0 bridgehead atoms. The van der Waals surface area contributed by atoms with Gasteiger partial charge in [0.05, 0.1) is 19.9 Å². The maximum absolute atomic E-state index is 5.51. The predicted molar refractivity (Wildman–Crippen MR) is 97.8 cm³/mol. The zero-order valence-corrected chi connectivity index (χ0v) is 14.7. The summed E-state index contributed by atoms with van der Waals surface area (Å²) in [6.07, 6.45) is 3.37. The summed E-state index contributed by atoms with van der Waals surface area (Å²) in [6, 6.07) is 11.1. The standard InChI is InChI=1S/C17H17N5O2S/c1-3-24-14-8-7-12(10-15(14)23-2)11-19-22-16(20-21-17(22)25)13-6-4-5-9-18-13/h4-11H,3H2,1-2H3,(H,21,25). The molecule has 0 aliphatic carbocycles. The highest BCUT2D eigenvalue weighted by atomic mass is 32.1. The molecule has 0 spiro atoms. The highest BCUT2D eigenvalue weighted by Crippen LogP contribution is 2.27. The van der Waals surface area contributed by atoms with Gasteiger partial charge >= 0.3 is 0 Å². The molecule has 0 atom stereocenters. The Labute approximate surface area is 150 Å². The average molecular weight is 355 g/mol. The minimum absolute atomic E-state index is 0.384. The van der Waals surface area contributed by atoms with Crippen molar-refractivity contribution >= 4 is 18.4 Å². The van der Waals surface area contributed by atoms with Gasteiger partial charge in [0, 0.05) is 6.20 Å². The summed E-state index contributed by atoms with van der Waals surface area (Å²) < 4.78 is 12.8. The number of methoxy groups -OCH3 is 1. The molecule has 0 aliphatic heterocycles. The molecule has 2 heterocycles. The zero-order chi connectivity index (χ0) is 17.6. The van der Waals surface area contributed by atoms with E-state index >= 15 is 0 Å². The highest BCUT2D eigenvalue weighted by molar-refractivity contribution is 7.71. The molecule has 0 saturated carbocycles. The second kappa shape index (κ2) is 7.71. The molecule has 0 unspecified atom stereocenters. The third kappa shape index (κ3) is 3.74. The minimum atomic E-state index is 0.384. The van der Waals surface area contributed by atoms with Gasteiger partial charge < -0.3 is 9.47 Å². The maximum atomic E-state index is 5.51. The molecule has 1 aromatic carbocycles. The van der Waals surface area contributed by atoms with E-state index in [4.69, 9.17) is 21.7 Å². The van der Waals surface area contributed by atoms with E-state index in [0.717, 1.165) is 5.56 Å². The molecule has 3 aromatic rings. The lowest BCUT2D eigenvalue weighted by Crippen LogP contribution is -1.98. The predicted octanol–water partition coefficient (Wildman–Crippen LogP) is 3.29. The summed E-state index contributed by atoms with van der Waals surface area (Å²) in [5.41, 5.74) is 1.52. The van der Waals surface area contributed by atoms with Crippen LogP contribution in [0.15, 0.2) is 47.7 Å². The first-order chi connectivity index (χ1) is 12.2. The van der Waals surface area contributed by atoms with E-state index in [1.165, 1.54) is 4.68 Å². The number of aromatic nitrogens is 4. The van der Waals surface area contributed by atoms with Crippen molar-refractivity contribution in [2.24, 2.45) is 5.10 Å². The van der Waals surface area contributed by atoms with Crippen LogP contribution < -0.4 is 9.47 Å². The number of nitrogens with zero attached hydrogens (tertiary/aromatic N) is 4. The van der Waals surface area contributed by atoms with Gasteiger partial charge in [-0.15, -0.1) is 0 Å². The number of pyridine rings is 1. The molecule has 0 saturated heterocycles. The molecule has 7 nitrogen and oxygen atoms in total. The fourth-order valence-electron chi connectivity index (χ4n) is 2.22. The number of aromatic amines is 1. The lowest BCUT2D eigenvalue weighted by atomic mass is 10.2. The fraction of sp³-hybridized carbons (Fsp3) is 0.176. The number of hydrogen-bond donors (Lipinski definition) is 1. The summed E-state index contributed by atoms with van der Waals surface area (Å²) in [5, 5.41) is 11.4. The van der Waals surface area contributed by atoms with Gasteiger partial charge in [-0.1, -0.05) is 6.07 Å². The molecule has 25 heavy (non-hydrogen) atoms. The van der Waals surface area contributed by atoms with Crippen LogP contribution in [0.5, 0.6) is 11.5 Å². The van der Waals surface area contributed by atoms with Gasteiger partial charge in [0.2, 0.25) is 10.6 Å². The monoisotopic (exact) mass is 355 g/mol. The van der Waals surface area contributed by atoms with Crippen LogP contribution in [0, 0.1) is 4.77 Å². The van der Waals surface area contributed by atoms with Gasteiger partial charge in [-0.3, -0.25) is 4.98 Å². The smallest absolute Gasteiger partial charge is 0.216 e. The maximum Gasteiger partial charge on any atom is 0.216 e. The molecule has 1 N–H and O–H groups in total. The van der Waals surface area contributed by atoms with Crippen molar-refractivity contribution < 1.29 is 9.47 Å². The van der Waals surface area contributed by atoms with Gasteiger partial charge in [0.25, 0.3) is 0 Å². The first-order valence-corrected chi connectivity index (χ1v) is 8.07. The van der Waals surface area contributed by atoms with Crippen LogP contribution in [-0.2, 0) is 0 Å². The number of ether oxygens (including phenoxy) is 2. The minimum Gasteiger partial charge on any atom is -0.493 e. The third-order valence-electron chi connectivity index (χ3n) is 3.35. The van der Waals surface area contributed by atoms with Crippen LogP contribution in [-0.4, -0.2) is 39.8 Å². The molecule has 0 amide bonds. The lowest BCUT2D eigenvalue weighted by Gasteiger charge is -2.09. The molecule has 0 radical (unpaired) electrons. The van der Waals surface area contributed by atoms with E-state index in [1.54, 1.807) is 19.5 Å². The summed E-state index contributed by atoms with van der Waals surface area (Å²) in [5.74, 6) is 1.88. The molecular weight excluding hydrogens is 338 g/mol. The summed E-state index contributed by atoms with van der Waals surface area (Å²) in [7, 11) is 1.60. The number of benzene rings is 1. The third-order valence-corrected chi connectivity index (χ3v) is 3.62. The summed E-state index contributed by atoms with van der Waals surface area (Å²) >= 11 is 5.25. The Morgan fingerprint density at radius 2 is 2.16 bits per heavy atom. The quantitative estimate of drug-likeness (QED) is 0.542. The normalized spacial score (nSPS) is 11.0. The fourth-order valence-corrected chi connectivity index (χ4v) is 2.40. The Morgan fingerprint density at radius 1 is 1.28 bits per heavy atom. The molecule has 0 fully saturated rings. The summed E-state index contributed by atoms with van der Waals surface area (Å²) in [4.78, 5) is 4.28. The molecule has 0 aliphatic rings. The topological polar surface area (TPSA) is 77.3 Å². The molecule has 128 valence electrons. The Hall–Kier alpha value is -3.00. The lowest BCUT2D eigenvalue weighted by molar-refractivity contribution is 0.311. The second-order valence-corrected chi connectivity index (χ2v) is 5.35. The van der Waals surface area contributed by atoms with E-state index in [9.17, 15) is 0 Å². The van der Waals surface area contributed by atoms with Gasteiger partial charge in [0.1, 0.15) is 5.69 Å². The number of hydrogen-bond acceptors (Lipinski definition) is 6. The van der Waals surface area contributed by atoms with Crippen LogP contribution in [0.2, 0.25) is 0 Å². The van der Waals surface area contributed by atoms with Crippen molar-refractivity contribution in [3.8, 4) is 23.0 Å². The highest BCUT2D eigenvalue weighted by Gasteiger charge is 2.09. The van der Waals surface area contributed by atoms with E-state index in [2.05, 4.69) is 20.3 Å². The molecule has 3 rings (SSSR count). The van der Waals surface area contributed by atoms with Crippen LogP contribution in [0.1, 0.15) is 12.5 Å². The van der Waals surface area contributed by atoms with E-state index in [1.807, 2.05) is 43.3 Å². The number of nitrogens with one attached hydrogen (secondary N) is 1. The van der Waals surface area contributed by atoms with Crippen LogP contribution in [0.25, 0.3) is 11.5 Å².